The summed E-state index contributed by atoms with van der Waals surface area (Å²) in [4.78, 5) is 21.7. The van der Waals surface area contributed by atoms with Gasteiger partial charge in [-0.15, -0.1) is 15.3 Å². The molecule has 1 N–H and O–H groups in total. The molecule has 0 bridgehead atoms. The van der Waals surface area contributed by atoms with Gasteiger partial charge >= 0.3 is 0 Å². The van der Waals surface area contributed by atoms with Crippen molar-refractivity contribution < 1.29 is 9.18 Å². The quantitative estimate of drug-likeness (QED) is 0.336. The lowest BCUT2D eigenvalue weighted by atomic mass is 10.2. The van der Waals surface area contributed by atoms with E-state index in [1.54, 1.807) is 29.7 Å². The molecule has 14 heteroatoms. The lowest BCUT2D eigenvalue weighted by Gasteiger charge is -2.07. The Kier molecular flexibility index (Phi) is 5.18. The number of pyridine rings is 2. The minimum Gasteiger partial charge on any atom is -0.345 e. The summed E-state index contributed by atoms with van der Waals surface area (Å²) in [6.07, 6.45) is 14.3. The van der Waals surface area contributed by atoms with Gasteiger partial charge in [0, 0.05) is 18.6 Å². The first kappa shape index (κ1) is 22.5. The average molecular weight is 532 g/mol. The standard InChI is InChI=1S/C24H19ClFN11O/c25-17-3-4-34-11-28-18(22(34)21(17)26)6-27-24(38)19-10-37(33-32-19)9-16-8-35-7-15(14-1-2-14)5-20(23(35)31-16)36-12-29-30-13-36/h3-5,7-8,10-14H,1-2,6,9H2,(H,27,38). The highest BCUT2D eigenvalue weighted by Gasteiger charge is 2.25. The third-order valence-corrected chi connectivity index (χ3v) is 6.82. The number of nitrogens with zero attached hydrogens (tertiary/aromatic N) is 10. The molecule has 38 heavy (non-hydrogen) atoms. The van der Waals surface area contributed by atoms with Gasteiger partial charge in [-0.05, 0) is 36.5 Å². The third kappa shape index (κ3) is 3.96. The zero-order chi connectivity index (χ0) is 25.8. The second-order valence-electron chi connectivity index (χ2n) is 9.17. The van der Waals surface area contributed by atoms with Crippen LogP contribution in [0.2, 0.25) is 5.02 Å². The maximum atomic E-state index is 14.4. The topological polar surface area (TPSA) is 125 Å². The molecule has 0 unspecified atom stereocenters. The van der Waals surface area contributed by atoms with Crippen LogP contribution in [0.5, 0.6) is 0 Å². The van der Waals surface area contributed by atoms with Crippen LogP contribution >= 0.6 is 11.6 Å². The monoisotopic (exact) mass is 531 g/mol. The van der Waals surface area contributed by atoms with Crippen LogP contribution in [0.4, 0.5) is 4.39 Å². The number of nitrogens with one attached hydrogen (secondary N) is 1. The molecule has 1 fully saturated rings. The van der Waals surface area contributed by atoms with Crippen molar-refractivity contribution in [1.82, 2.24) is 53.8 Å². The summed E-state index contributed by atoms with van der Waals surface area (Å²) in [7, 11) is 0. The van der Waals surface area contributed by atoms with E-state index in [2.05, 4.69) is 43.1 Å². The number of hydrogen-bond acceptors (Lipinski definition) is 7. The molecule has 0 atom stereocenters. The molecule has 1 saturated carbocycles. The molecule has 0 aromatic carbocycles. The van der Waals surface area contributed by atoms with Gasteiger partial charge in [-0.1, -0.05) is 16.8 Å². The smallest absolute Gasteiger partial charge is 0.273 e. The number of hydrogen-bond donors (Lipinski definition) is 1. The summed E-state index contributed by atoms with van der Waals surface area (Å²) < 4.78 is 21.4. The summed E-state index contributed by atoms with van der Waals surface area (Å²) >= 11 is 5.89. The number of aromatic nitrogens is 10. The normalized spacial score (nSPS) is 13.5. The van der Waals surface area contributed by atoms with Gasteiger partial charge in [-0.3, -0.25) is 9.36 Å². The molecule has 6 aromatic rings. The van der Waals surface area contributed by atoms with Gasteiger partial charge < -0.3 is 14.1 Å². The minimum absolute atomic E-state index is 0.00109. The molecule has 190 valence electrons. The van der Waals surface area contributed by atoms with Gasteiger partial charge in [-0.25, -0.2) is 19.0 Å². The number of amides is 1. The highest BCUT2D eigenvalue weighted by molar-refractivity contribution is 6.31. The van der Waals surface area contributed by atoms with E-state index < -0.39 is 11.7 Å². The molecule has 6 aromatic heterocycles. The molecule has 1 aliphatic rings. The Morgan fingerprint density at radius 3 is 2.79 bits per heavy atom. The van der Waals surface area contributed by atoms with Crippen LogP contribution in [0.25, 0.3) is 16.9 Å². The van der Waals surface area contributed by atoms with E-state index in [0.717, 1.165) is 17.0 Å². The largest absolute Gasteiger partial charge is 0.345 e. The highest BCUT2D eigenvalue weighted by Crippen LogP contribution is 2.41. The molecule has 0 saturated heterocycles. The molecule has 7 rings (SSSR count). The number of rotatable bonds is 7. The first-order chi connectivity index (χ1) is 18.5. The number of carbonyl (C=O) groups excluding carboxylic acids is 1. The summed E-state index contributed by atoms with van der Waals surface area (Å²) in [6, 6.07) is 3.57. The van der Waals surface area contributed by atoms with Crippen LogP contribution in [0.3, 0.4) is 0 Å². The summed E-state index contributed by atoms with van der Waals surface area (Å²) in [5.74, 6) is -0.490. The Balaban J connectivity index is 1.09. The van der Waals surface area contributed by atoms with E-state index in [1.165, 1.54) is 35.2 Å². The van der Waals surface area contributed by atoms with Crippen molar-refractivity contribution in [2.75, 3.05) is 0 Å². The lowest BCUT2D eigenvalue weighted by molar-refractivity contribution is 0.0945. The summed E-state index contributed by atoms with van der Waals surface area (Å²) in [5, 5.41) is 18.6. The predicted molar refractivity (Wildman–Crippen MR) is 133 cm³/mol. The SMILES string of the molecule is O=C(NCc1ncn2ccc(Cl)c(F)c12)c1cn(Cc2cn3cc(C4CC4)cc(-n4cnnc4)c3n2)nn1. The fourth-order valence-corrected chi connectivity index (χ4v) is 4.64. The second kappa shape index (κ2) is 8.73. The van der Waals surface area contributed by atoms with Crippen LogP contribution in [0, 0.1) is 5.82 Å². The van der Waals surface area contributed by atoms with Crippen LogP contribution in [-0.4, -0.2) is 54.4 Å². The van der Waals surface area contributed by atoms with Crippen molar-refractivity contribution in [2.45, 2.75) is 31.8 Å². The molecule has 12 nitrogen and oxygen atoms in total. The molecular weight excluding hydrogens is 513 g/mol. The fraction of sp³-hybridized carbons (Fsp3) is 0.208. The molecule has 0 spiro atoms. The van der Waals surface area contributed by atoms with Gasteiger partial charge in [0.2, 0.25) is 0 Å². The van der Waals surface area contributed by atoms with Gasteiger partial charge in [0.15, 0.2) is 17.2 Å². The van der Waals surface area contributed by atoms with E-state index in [4.69, 9.17) is 16.6 Å². The Morgan fingerprint density at radius 1 is 1.13 bits per heavy atom. The van der Waals surface area contributed by atoms with E-state index in [9.17, 15) is 9.18 Å². The molecule has 1 aliphatic carbocycles. The van der Waals surface area contributed by atoms with Crippen molar-refractivity contribution in [1.29, 1.82) is 0 Å². The Bertz CT molecular complexity index is 1820. The average Bonchev–Trinajstić information content (AvgIpc) is 3.33. The summed E-state index contributed by atoms with van der Waals surface area (Å²) in [5.41, 5.74) is 4.35. The Hall–Kier alpha value is -4.65. The van der Waals surface area contributed by atoms with Crippen LogP contribution < -0.4 is 5.32 Å². The van der Waals surface area contributed by atoms with E-state index >= 15 is 0 Å². The van der Waals surface area contributed by atoms with Gasteiger partial charge in [0.1, 0.15) is 18.2 Å². The maximum absolute atomic E-state index is 14.4. The molecule has 0 radical (unpaired) electrons. The summed E-state index contributed by atoms with van der Waals surface area (Å²) in [6.45, 7) is 0.318. The third-order valence-electron chi connectivity index (χ3n) is 6.53. The number of fused-ring (bicyclic) bond motifs is 2. The van der Waals surface area contributed by atoms with Crippen molar-refractivity contribution in [3.8, 4) is 5.69 Å². The molecular formula is C24H19ClFN11O. The maximum Gasteiger partial charge on any atom is 0.273 e. The minimum atomic E-state index is -0.592. The predicted octanol–water partition coefficient (Wildman–Crippen LogP) is 2.80. The van der Waals surface area contributed by atoms with Gasteiger partial charge in [0.25, 0.3) is 5.91 Å². The highest BCUT2D eigenvalue weighted by atomic mass is 35.5. The zero-order valence-corrected chi connectivity index (χ0v) is 20.5. The van der Waals surface area contributed by atoms with Crippen molar-refractivity contribution in [3.63, 3.8) is 0 Å². The number of imidazole rings is 2. The fourth-order valence-electron chi connectivity index (χ4n) is 4.50. The van der Waals surface area contributed by atoms with Crippen LogP contribution in [0.15, 0.2) is 55.9 Å². The van der Waals surface area contributed by atoms with Crippen molar-refractivity contribution in [3.05, 3.63) is 89.4 Å². The molecule has 0 aliphatic heterocycles. The van der Waals surface area contributed by atoms with Crippen molar-refractivity contribution in [2.24, 2.45) is 0 Å². The van der Waals surface area contributed by atoms with Gasteiger partial charge in [-0.2, -0.15) is 0 Å². The second-order valence-corrected chi connectivity index (χ2v) is 9.58. The van der Waals surface area contributed by atoms with Crippen LogP contribution in [0.1, 0.15) is 46.2 Å². The lowest BCUT2D eigenvalue weighted by Crippen LogP contribution is -2.23. The first-order valence-electron chi connectivity index (χ1n) is 11.9. The number of halogens is 2. The number of carbonyl (C=O) groups is 1. The van der Waals surface area contributed by atoms with E-state index in [0.29, 0.717) is 18.2 Å². The van der Waals surface area contributed by atoms with Crippen molar-refractivity contribution >= 4 is 28.7 Å². The van der Waals surface area contributed by atoms with E-state index in [1.807, 2.05) is 15.2 Å². The van der Waals surface area contributed by atoms with Crippen LogP contribution in [-0.2, 0) is 13.1 Å². The Morgan fingerprint density at radius 2 is 1.97 bits per heavy atom. The Labute approximate surface area is 218 Å². The molecule has 6 heterocycles. The van der Waals surface area contributed by atoms with E-state index in [-0.39, 0.29) is 22.8 Å². The van der Waals surface area contributed by atoms with Gasteiger partial charge in [0.05, 0.1) is 47.7 Å². The molecule has 1 amide bonds. The first-order valence-corrected chi connectivity index (χ1v) is 12.3. The zero-order valence-electron chi connectivity index (χ0n) is 19.7.